The Morgan fingerprint density at radius 1 is 0.968 bits per heavy atom. The fraction of sp³-hybridized carbons (Fsp3) is 0.259. The Balaban J connectivity index is 1.70. The summed E-state index contributed by atoms with van der Waals surface area (Å²) in [5.41, 5.74) is 9.87. The summed E-state index contributed by atoms with van der Waals surface area (Å²) in [6.45, 7) is 8.44. The zero-order valence-electron chi connectivity index (χ0n) is 18.9. The van der Waals surface area contributed by atoms with Crippen molar-refractivity contribution in [3.8, 4) is 11.1 Å². The highest BCUT2D eigenvalue weighted by atomic mass is 15.1. The van der Waals surface area contributed by atoms with Crippen molar-refractivity contribution in [3.05, 3.63) is 83.9 Å². The molecule has 0 aliphatic rings. The number of nitrogens with zero attached hydrogens (tertiary/aromatic N) is 1. The molecule has 0 saturated heterocycles. The van der Waals surface area contributed by atoms with E-state index in [4.69, 9.17) is 0 Å². The molecule has 0 aliphatic carbocycles. The molecule has 4 aromatic rings. The van der Waals surface area contributed by atoms with E-state index in [0.717, 1.165) is 19.5 Å². The first-order chi connectivity index (χ1) is 15.1. The number of rotatable bonds is 8. The molecule has 3 N–H and O–H groups in total. The highest BCUT2D eigenvalue weighted by Crippen LogP contribution is 2.35. The molecule has 0 fully saturated rings. The zero-order chi connectivity index (χ0) is 21.8. The van der Waals surface area contributed by atoms with Crippen molar-refractivity contribution < 1.29 is 0 Å². The number of hydrogen-bond donors (Lipinski definition) is 3. The van der Waals surface area contributed by atoms with Gasteiger partial charge in [0.25, 0.3) is 0 Å². The number of nitrogens with one attached hydrogen (secondary N) is 3. The molecule has 2 aromatic carbocycles. The van der Waals surface area contributed by atoms with Crippen LogP contribution in [0.3, 0.4) is 0 Å². The van der Waals surface area contributed by atoms with Crippen molar-refractivity contribution in [3.63, 3.8) is 0 Å². The SMILES string of the molecule is CNCCCN(/C=C(\C)c1c[nH]cc1-c1c[nH]c2ccc(C)cc12)c1ccc(C)cc1. The predicted molar refractivity (Wildman–Crippen MR) is 134 cm³/mol. The summed E-state index contributed by atoms with van der Waals surface area (Å²) in [6.07, 6.45) is 9.70. The molecule has 4 rings (SSSR count). The molecule has 160 valence electrons. The maximum absolute atomic E-state index is 3.43. The van der Waals surface area contributed by atoms with Crippen LogP contribution >= 0.6 is 0 Å². The van der Waals surface area contributed by atoms with Crippen molar-refractivity contribution in [2.75, 3.05) is 25.0 Å². The molecule has 0 atom stereocenters. The average molecular weight is 413 g/mol. The molecular formula is C27H32N4. The van der Waals surface area contributed by atoms with Crippen molar-refractivity contribution in [2.24, 2.45) is 0 Å². The first-order valence-electron chi connectivity index (χ1n) is 11.0. The van der Waals surface area contributed by atoms with Gasteiger partial charge in [0.05, 0.1) is 0 Å². The van der Waals surface area contributed by atoms with Gasteiger partial charge in [-0.1, -0.05) is 29.3 Å². The van der Waals surface area contributed by atoms with Gasteiger partial charge in [0, 0.05) is 64.6 Å². The molecule has 31 heavy (non-hydrogen) atoms. The van der Waals surface area contributed by atoms with E-state index in [-0.39, 0.29) is 0 Å². The van der Waals surface area contributed by atoms with Crippen LogP contribution in [0.5, 0.6) is 0 Å². The highest BCUT2D eigenvalue weighted by Gasteiger charge is 2.14. The first-order valence-corrected chi connectivity index (χ1v) is 11.0. The first kappa shape index (κ1) is 21.0. The average Bonchev–Trinajstić information content (AvgIpc) is 3.40. The normalized spacial score (nSPS) is 11.9. The molecule has 0 spiro atoms. The van der Waals surface area contributed by atoms with E-state index < -0.39 is 0 Å². The second kappa shape index (κ2) is 9.27. The lowest BCUT2D eigenvalue weighted by molar-refractivity contribution is 0.721. The molecule has 0 aliphatic heterocycles. The number of aryl methyl sites for hydroxylation is 2. The van der Waals surface area contributed by atoms with Gasteiger partial charge in [-0.05, 0) is 70.6 Å². The summed E-state index contributed by atoms with van der Waals surface area (Å²) in [6, 6.07) is 15.3. The van der Waals surface area contributed by atoms with E-state index in [1.54, 1.807) is 0 Å². The third-order valence-corrected chi connectivity index (χ3v) is 5.84. The Kier molecular flexibility index (Phi) is 6.28. The maximum Gasteiger partial charge on any atom is 0.0460 e. The van der Waals surface area contributed by atoms with Gasteiger partial charge in [0.15, 0.2) is 0 Å². The number of benzene rings is 2. The van der Waals surface area contributed by atoms with Crippen LogP contribution in [0.25, 0.3) is 27.6 Å². The summed E-state index contributed by atoms with van der Waals surface area (Å²) in [7, 11) is 2.01. The summed E-state index contributed by atoms with van der Waals surface area (Å²) in [5, 5.41) is 4.52. The van der Waals surface area contributed by atoms with E-state index in [0.29, 0.717) is 0 Å². The van der Waals surface area contributed by atoms with E-state index in [1.165, 1.54) is 50.0 Å². The smallest absolute Gasteiger partial charge is 0.0460 e. The number of fused-ring (bicyclic) bond motifs is 1. The Morgan fingerprint density at radius 2 is 1.74 bits per heavy atom. The molecule has 0 bridgehead atoms. The third-order valence-electron chi connectivity index (χ3n) is 5.84. The lowest BCUT2D eigenvalue weighted by atomic mass is 9.99. The second-order valence-electron chi connectivity index (χ2n) is 8.33. The van der Waals surface area contributed by atoms with Crippen molar-refractivity contribution >= 4 is 22.2 Å². The monoisotopic (exact) mass is 412 g/mol. The molecule has 2 heterocycles. The van der Waals surface area contributed by atoms with Crippen LogP contribution in [0.4, 0.5) is 5.69 Å². The van der Waals surface area contributed by atoms with Crippen LogP contribution in [0.15, 0.2) is 67.3 Å². The van der Waals surface area contributed by atoms with E-state index in [2.05, 4.69) is 108 Å². The zero-order valence-corrected chi connectivity index (χ0v) is 18.9. The lowest BCUT2D eigenvalue weighted by Crippen LogP contribution is -2.21. The summed E-state index contributed by atoms with van der Waals surface area (Å²) in [5.74, 6) is 0. The summed E-state index contributed by atoms with van der Waals surface area (Å²) in [4.78, 5) is 9.13. The van der Waals surface area contributed by atoms with Crippen LogP contribution in [0, 0.1) is 13.8 Å². The Labute approximate surface area is 185 Å². The fourth-order valence-corrected chi connectivity index (χ4v) is 4.10. The van der Waals surface area contributed by atoms with Gasteiger partial charge in [-0.25, -0.2) is 0 Å². The van der Waals surface area contributed by atoms with Gasteiger partial charge < -0.3 is 20.2 Å². The van der Waals surface area contributed by atoms with Crippen molar-refractivity contribution in [2.45, 2.75) is 27.2 Å². The van der Waals surface area contributed by atoms with Gasteiger partial charge in [0.1, 0.15) is 0 Å². The molecule has 2 aromatic heterocycles. The molecule has 0 saturated carbocycles. The minimum atomic E-state index is 0.966. The van der Waals surface area contributed by atoms with Crippen LogP contribution in [0.1, 0.15) is 30.0 Å². The number of hydrogen-bond acceptors (Lipinski definition) is 2. The number of aromatic amines is 2. The maximum atomic E-state index is 3.43. The van der Waals surface area contributed by atoms with Gasteiger partial charge in [0.2, 0.25) is 0 Å². The lowest BCUT2D eigenvalue weighted by Gasteiger charge is -2.22. The Hall–Kier alpha value is -3.24. The fourth-order valence-electron chi connectivity index (χ4n) is 4.10. The highest BCUT2D eigenvalue weighted by molar-refractivity contribution is 5.98. The number of H-pyrrole nitrogens is 2. The van der Waals surface area contributed by atoms with Gasteiger partial charge in [-0.2, -0.15) is 0 Å². The number of allylic oxidation sites excluding steroid dienone is 1. The molecule has 0 radical (unpaired) electrons. The predicted octanol–water partition coefficient (Wildman–Crippen LogP) is 6.26. The molecule has 4 nitrogen and oxygen atoms in total. The van der Waals surface area contributed by atoms with E-state index in [9.17, 15) is 0 Å². The van der Waals surface area contributed by atoms with Gasteiger partial charge in [-0.15, -0.1) is 0 Å². The van der Waals surface area contributed by atoms with Crippen LogP contribution in [-0.2, 0) is 0 Å². The number of anilines is 1. The third kappa shape index (κ3) is 4.59. The molecule has 0 amide bonds. The standard InChI is InChI=1S/C27H32N4/c1-19-6-9-22(10-7-19)31(13-5-12-28-4)18-21(3)24-15-29-16-25(24)26-17-30-27-11-8-20(2)14-23(26)27/h6-11,14-18,28-30H,5,12-13H2,1-4H3/b21-18+. The molecule has 4 heteroatoms. The number of aromatic nitrogens is 2. The quantitative estimate of drug-likeness (QED) is 0.299. The van der Waals surface area contributed by atoms with Crippen LogP contribution in [0.2, 0.25) is 0 Å². The Bertz CT molecular complexity index is 1180. The van der Waals surface area contributed by atoms with Crippen molar-refractivity contribution in [1.82, 2.24) is 15.3 Å². The Morgan fingerprint density at radius 3 is 2.52 bits per heavy atom. The van der Waals surface area contributed by atoms with E-state index in [1.807, 2.05) is 7.05 Å². The summed E-state index contributed by atoms with van der Waals surface area (Å²) >= 11 is 0. The second-order valence-corrected chi connectivity index (χ2v) is 8.33. The van der Waals surface area contributed by atoms with Crippen molar-refractivity contribution in [1.29, 1.82) is 0 Å². The van der Waals surface area contributed by atoms with Crippen LogP contribution in [-0.4, -0.2) is 30.1 Å². The minimum absolute atomic E-state index is 0.966. The van der Waals surface area contributed by atoms with E-state index >= 15 is 0 Å². The molecule has 0 unspecified atom stereocenters. The van der Waals surface area contributed by atoms with Gasteiger partial charge in [-0.3, -0.25) is 0 Å². The largest absolute Gasteiger partial charge is 0.366 e. The molecular weight excluding hydrogens is 380 g/mol. The minimum Gasteiger partial charge on any atom is -0.366 e. The van der Waals surface area contributed by atoms with Gasteiger partial charge >= 0.3 is 0 Å². The topological polar surface area (TPSA) is 46.8 Å². The van der Waals surface area contributed by atoms with Crippen LogP contribution < -0.4 is 10.2 Å². The summed E-state index contributed by atoms with van der Waals surface area (Å²) < 4.78 is 0.